The molecule has 0 amide bonds. The van der Waals surface area contributed by atoms with Crippen LogP contribution in [0.1, 0.15) is 22.2 Å². The third-order valence-electron chi connectivity index (χ3n) is 1.76. The highest BCUT2D eigenvalue weighted by atomic mass is 32.1. The number of esters is 2. The van der Waals surface area contributed by atoms with Crippen LogP contribution in [0.4, 0.5) is 0 Å². The number of carbonyl (C=O) groups excluding carboxylic acids is 2. The van der Waals surface area contributed by atoms with Crippen LogP contribution in [-0.2, 0) is 14.3 Å². The van der Waals surface area contributed by atoms with Gasteiger partial charge in [-0.1, -0.05) is 0 Å². The molecule has 0 fully saturated rings. The van der Waals surface area contributed by atoms with Crippen LogP contribution in [0.2, 0.25) is 0 Å². The van der Waals surface area contributed by atoms with Gasteiger partial charge in [-0.2, -0.15) is 0 Å². The van der Waals surface area contributed by atoms with Gasteiger partial charge in [0, 0.05) is 11.0 Å². The zero-order valence-electron chi connectivity index (χ0n) is 9.06. The lowest BCUT2D eigenvalue weighted by molar-refractivity contribution is -0.137. The lowest BCUT2D eigenvalue weighted by Crippen LogP contribution is -2.01. The lowest BCUT2D eigenvalue weighted by Gasteiger charge is -1.97. The smallest absolute Gasteiger partial charge is 0.339 e. The molecule has 4 nitrogen and oxygen atoms in total. The molecule has 0 aliphatic rings. The second kappa shape index (κ2) is 6.07. The van der Waals surface area contributed by atoms with E-state index in [-0.39, 0.29) is 0 Å². The van der Waals surface area contributed by atoms with Crippen molar-refractivity contribution in [2.75, 3.05) is 13.7 Å². The molecule has 0 bridgehead atoms. The van der Waals surface area contributed by atoms with E-state index in [2.05, 4.69) is 4.74 Å². The normalized spacial score (nSPS) is 10.4. The van der Waals surface area contributed by atoms with Gasteiger partial charge < -0.3 is 9.47 Å². The van der Waals surface area contributed by atoms with Crippen molar-refractivity contribution in [2.45, 2.75) is 6.92 Å². The van der Waals surface area contributed by atoms with Gasteiger partial charge in [0.1, 0.15) is 0 Å². The maximum Gasteiger partial charge on any atom is 0.339 e. The number of carbonyl (C=O) groups is 2. The van der Waals surface area contributed by atoms with Crippen molar-refractivity contribution in [3.8, 4) is 0 Å². The average Bonchev–Trinajstić information content (AvgIpc) is 2.74. The molecule has 0 spiro atoms. The van der Waals surface area contributed by atoms with E-state index in [4.69, 9.17) is 4.74 Å². The Morgan fingerprint density at radius 1 is 1.50 bits per heavy atom. The molecule has 1 aromatic heterocycles. The second-order valence-corrected chi connectivity index (χ2v) is 3.72. The molecule has 0 atom stereocenters. The van der Waals surface area contributed by atoms with Crippen molar-refractivity contribution in [1.82, 2.24) is 0 Å². The fourth-order valence-electron chi connectivity index (χ4n) is 1.06. The highest BCUT2D eigenvalue weighted by Gasteiger charge is 2.10. The predicted molar refractivity (Wildman–Crippen MR) is 61.3 cm³/mol. The van der Waals surface area contributed by atoms with Crippen LogP contribution in [0.15, 0.2) is 17.5 Å². The van der Waals surface area contributed by atoms with E-state index in [1.165, 1.54) is 24.5 Å². The Kier molecular flexibility index (Phi) is 4.72. The summed E-state index contributed by atoms with van der Waals surface area (Å²) in [5.74, 6) is -0.837. The summed E-state index contributed by atoms with van der Waals surface area (Å²) < 4.78 is 9.34. The lowest BCUT2D eigenvalue weighted by atomic mass is 10.2. The minimum absolute atomic E-state index is 0.331. The zero-order chi connectivity index (χ0) is 12.0. The van der Waals surface area contributed by atoms with Gasteiger partial charge in [-0.05, 0) is 24.4 Å². The fraction of sp³-hybridized carbons (Fsp3) is 0.273. The second-order valence-electron chi connectivity index (χ2n) is 2.78. The van der Waals surface area contributed by atoms with Crippen LogP contribution < -0.4 is 0 Å². The Hall–Kier alpha value is -1.62. The summed E-state index contributed by atoms with van der Waals surface area (Å²) >= 11 is 1.36. The van der Waals surface area contributed by atoms with Crippen LogP contribution in [0.3, 0.4) is 0 Å². The van der Waals surface area contributed by atoms with Gasteiger partial charge in [0.05, 0.1) is 19.3 Å². The van der Waals surface area contributed by atoms with Crippen molar-refractivity contribution in [2.24, 2.45) is 0 Å². The van der Waals surface area contributed by atoms with Gasteiger partial charge in [-0.3, -0.25) is 0 Å². The van der Waals surface area contributed by atoms with E-state index >= 15 is 0 Å². The average molecular weight is 240 g/mol. The van der Waals surface area contributed by atoms with E-state index in [1.54, 1.807) is 24.4 Å². The Bertz CT molecular complexity index is 406. The van der Waals surface area contributed by atoms with Gasteiger partial charge in [-0.15, -0.1) is 11.3 Å². The molecule has 0 unspecified atom stereocenters. The van der Waals surface area contributed by atoms with Crippen molar-refractivity contribution in [3.63, 3.8) is 0 Å². The minimum atomic E-state index is -0.424. The molecular weight excluding hydrogens is 228 g/mol. The molecule has 16 heavy (non-hydrogen) atoms. The first kappa shape index (κ1) is 12.4. The van der Waals surface area contributed by atoms with E-state index in [9.17, 15) is 9.59 Å². The number of rotatable bonds is 4. The third kappa shape index (κ3) is 3.20. The summed E-state index contributed by atoms with van der Waals surface area (Å²) in [6.45, 7) is 2.06. The molecule has 1 heterocycles. The standard InChI is InChI=1S/C11H12O4S/c1-3-15-10(12)5-4-9-8(6-7-16-9)11(13)14-2/h4-7H,3H2,1-2H3/b5-4+. The number of thiophene rings is 1. The summed E-state index contributed by atoms with van der Waals surface area (Å²) in [5, 5.41) is 1.76. The van der Waals surface area contributed by atoms with Crippen molar-refractivity contribution in [3.05, 3.63) is 28.0 Å². The number of methoxy groups -OCH3 is 1. The van der Waals surface area contributed by atoms with Crippen LogP contribution in [0.25, 0.3) is 6.08 Å². The van der Waals surface area contributed by atoms with Crippen molar-refractivity contribution in [1.29, 1.82) is 0 Å². The first-order chi connectivity index (χ1) is 7.69. The topological polar surface area (TPSA) is 52.6 Å². The molecule has 0 aliphatic carbocycles. The summed E-state index contributed by atoms with van der Waals surface area (Å²) in [6.07, 6.45) is 2.84. The first-order valence-corrected chi connectivity index (χ1v) is 5.57. The van der Waals surface area contributed by atoms with Crippen LogP contribution >= 0.6 is 11.3 Å². The molecule has 5 heteroatoms. The monoisotopic (exact) mass is 240 g/mol. The molecule has 0 saturated carbocycles. The summed E-state index contributed by atoms with van der Waals surface area (Å²) in [4.78, 5) is 23.0. The molecule has 86 valence electrons. The molecule has 0 radical (unpaired) electrons. The molecule has 0 aromatic carbocycles. The van der Waals surface area contributed by atoms with Crippen LogP contribution in [0.5, 0.6) is 0 Å². The Morgan fingerprint density at radius 2 is 2.25 bits per heavy atom. The van der Waals surface area contributed by atoms with Crippen LogP contribution in [-0.4, -0.2) is 25.7 Å². The Labute approximate surface area is 97.5 Å². The summed E-state index contributed by atoms with van der Waals surface area (Å²) in [5.41, 5.74) is 0.452. The zero-order valence-corrected chi connectivity index (χ0v) is 9.87. The predicted octanol–water partition coefficient (Wildman–Crippen LogP) is 2.11. The van der Waals surface area contributed by atoms with E-state index in [1.807, 2.05) is 0 Å². The molecule has 0 aliphatic heterocycles. The number of hydrogen-bond acceptors (Lipinski definition) is 5. The van der Waals surface area contributed by atoms with Gasteiger partial charge in [0.15, 0.2) is 0 Å². The summed E-state index contributed by atoms with van der Waals surface area (Å²) in [6, 6.07) is 1.65. The molecule has 0 saturated heterocycles. The maximum absolute atomic E-state index is 11.3. The van der Waals surface area contributed by atoms with E-state index in [0.717, 1.165) is 0 Å². The highest BCUT2D eigenvalue weighted by Crippen LogP contribution is 2.19. The number of ether oxygens (including phenoxy) is 2. The van der Waals surface area contributed by atoms with Crippen LogP contribution in [0, 0.1) is 0 Å². The van der Waals surface area contributed by atoms with Crippen molar-refractivity contribution >= 4 is 29.4 Å². The van der Waals surface area contributed by atoms with E-state index < -0.39 is 11.9 Å². The first-order valence-electron chi connectivity index (χ1n) is 4.69. The SMILES string of the molecule is CCOC(=O)/C=C/c1sccc1C(=O)OC. The van der Waals surface area contributed by atoms with Crippen molar-refractivity contribution < 1.29 is 19.1 Å². The summed E-state index contributed by atoms with van der Waals surface area (Å²) in [7, 11) is 1.32. The highest BCUT2D eigenvalue weighted by molar-refractivity contribution is 7.11. The molecule has 1 rings (SSSR count). The van der Waals surface area contributed by atoms with E-state index in [0.29, 0.717) is 17.0 Å². The quantitative estimate of drug-likeness (QED) is 0.597. The molecule has 1 aromatic rings. The Morgan fingerprint density at radius 3 is 2.88 bits per heavy atom. The van der Waals surface area contributed by atoms with Gasteiger partial charge in [0.2, 0.25) is 0 Å². The molecular formula is C11H12O4S. The molecule has 0 N–H and O–H groups in total. The van der Waals surface area contributed by atoms with Gasteiger partial charge in [-0.25, -0.2) is 9.59 Å². The number of hydrogen-bond donors (Lipinski definition) is 0. The maximum atomic E-state index is 11.3. The van der Waals surface area contributed by atoms with Gasteiger partial charge in [0.25, 0.3) is 0 Å². The fourth-order valence-corrected chi connectivity index (χ4v) is 1.84. The Balaban J connectivity index is 2.78. The minimum Gasteiger partial charge on any atom is -0.465 e. The largest absolute Gasteiger partial charge is 0.465 e. The third-order valence-corrected chi connectivity index (χ3v) is 2.64. The van der Waals surface area contributed by atoms with Gasteiger partial charge >= 0.3 is 11.9 Å².